The molecule has 2 unspecified atom stereocenters. The van der Waals surface area contributed by atoms with Gasteiger partial charge in [0.2, 0.25) is 0 Å². The summed E-state index contributed by atoms with van der Waals surface area (Å²) < 4.78 is 12.9. The number of aliphatic hydroxyl groups is 1. The number of hydrogen-bond donors (Lipinski definition) is 2. The van der Waals surface area contributed by atoms with Gasteiger partial charge in [-0.3, -0.25) is 10.1 Å². The third-order valence-electron chi connectivity index (χ3n) is 2.68. The summed E-state index contributed by atoms with van der Waals surface area (Å²) in [4.78, 5) is 10.1. The standard InChI is InChI=1S/C11H15FN2O3/c1-7(6-15)8(2)13-10-4-3-9(12)5-11(10)14(16)17/h3-5,7-8,13,15H,6H2,1-2H3. The summed E-state index contributed by atoms with van der Waals surface area (Å²) in [6.07, 6.45) is 0. The van der Waals surface area contributed by atoms with Crippen molar-refractivity contribution in [2.75, 3.05) is 11.9 Å². The van der Waals surface area contributed by atoms with Crippen LogP contribution in [0.4, 0.5) is 15.8 Å². The monoisotopic (exact) mass is 242 g/mol. The van der Waals surface area contributed by atoms with Crippen molar-refractivity contribution in [3.8, 4) is 0 Å². The summed E-state index contributed by atoms with van der Waals surface area (Å²) in [6, 6.07) is 3.21. The quantitative estimate of drug-likeness (QED) is 0.612. The molecule has 0 amide bonds. The average Bonchev–Trinajstić information content (AvgIpc) is 2.29. The predicted molar refractivity (Wildman–Crippen MR) is 62.4 cm³/mol. The van der Waals surface area contributed by atoms with Crippen molar-refractivity contribution in [3.05, 3.63) is 34.1 Å². The Kier molecular flexibility index (Phi) is 4.39. The molecule has 1 rings (SSSR count). The van der Waals surface area contributed by atoms with Gasteiger partial charge in [-0.25, -0.2) is 4.39 Å². The Hall–Kier alpha value is -1.69. The van der Waals surface area contributed by atoms with E-state index in [-0.39, 0.29) is 29.9 Å². The van der Waals surface area contributed by atoms with Crippen molar-refractivity contribution in [1.29, 1.82) is 0 Å². The Morgan fingerprint density at radius 2 is 2.18 bits per heavy atom. The first-order valence-corrected chi connectivity index (χ1v) is 5.27. The van der Waals surface area contributed by atoms with Crippen molar-refractivity contribution < 1.29 is 14.4 Å². The normalized spacial score (nSPS) is 14.1. The van der Waals surface area contributed by atoms with E-state index in [1.165, 1.54) is 6.07 Å². The maximum atomic E-state index is 12.9. The van der Waals surface area contributed by atoms with Gasteiger partial charge in [-0.1, -0.05) is 6.92 Å². The minimum Gasteiger partial charge on any atom is -0.396 e. The van der Waals surface area contributed by atoms with E-state index in [2.05, 4.69) is 5.32 Å². The molecule has 0 fully saturated rings. The third-order valence-corrected chi connectivity index (χ3v) is 2.68. The minimum atomic E-state index is -0.648. The van der Waals surface area contributed by atoms with Gasteiger partial charge in [0.05, 0.1) is 11.0 Å². The van der Waals surface area contributed by atoms with Crippen molar-refractivity contribution in [3.63, 3.8) is 0 Å². The number of benzene rings is 1. The number of anilines is 1. The van der Waals surface area contributed by atoms with Crippen LogP contribution in [0.1, 0.15) is 13.8 Å². The lowest BCUT2D eigenvalue weighted by Crippen LogP contribution is -2.26. The molecule has 0 bridgehead atoms. The fourth-order valence-electron chi connectivity index (χ4n) is 1.32. The molecular formula is C11H15FN2O3. The number of nitrogens with one attached hydrogen (secondary N) is 1. The van der Waals surface area contributed by atoms with E-state index in [9.17, 15) is 14.5 Å². The second kappa shape index (κ2) is 5.58. The highest BCUT2D eigenvalue weighted by atomic mass is 19.1. The number of nitro groups is 1. The van der Waals surface area contributed by atoms with Gasteiger partial charge in [0.15, 0.2) is 0 Å². The molecule has 0 aliphatic rings. The van der Waals surface area contributed by atoms with Crippen LogP contribution in [0.2, 0.25) is 0 Å². The summed E-state index contributed by atoms with van der Waals surface area (Å²) in [5.74, 6) is -0.704. The Morgan fingerprint density at radius 3 is 2.71 bits per heavy atom. The number of rotatable bonds is 5. The molecule has 94 valence electrons. The number of nitro benzene ring substituents is 1. The van der Waals surface area contributed by atoms with Crippen LogP contribution in [0.5, 0.6) is 0 Å². The van der Waals surface area contributed by atoms with E-state index >= 15 is 0 Å². The maximum Gasteiger partial charge on any atom is 0.295 e. The average molecular weight is 242 g/mol. The van der Waals surface area contributed by atoms with E-state index < -0.39 is 10.7 Å². The van der Waals surface area contributed by atoms with Gasteiger partial charge < -0.3 is 10.4 Å². The number of aliphatic hydroxyl groups excluding tert-OH is 1. The van der Waals surface area contributed by atoms with E-state index in [0.717, 1.165) is 12.1 Å². The van der Waals surface area contributed by atoms with Gasteiger partial charge in [0.25, 0.3) is 5.69 Å². The van der Waals surface area contributed by atoms with Crippen LogP contribution in [0.3, 0.4) is 0 Å². The highest BCUT2D eigenvalue weighted by molar-refractivity contribution is 5.61. The van der Waals surface area contributed by atoms with Crippen molar-refractivity contribution in [2.45, 2.75) is 19.9 Å². The topological polar surface area (TPSA) is 75.4 Å². The van der Waals surface area contributed by atoms with E-state index in [4.69, 9.17) is 5.11 Å². The third kappa shape index (κ3) is 3.39. The molecule has 1 aromatic carbocycles. The van der Waals surface area contributed by atoms with Crippen molar-refractivity contribution in [1.82, 2.24) is 0 Å². The molecule has 0 aromatic heterocycles. The molecule has 0 aliphatic heterocycles. The summed E-state index contributed by atoms with van der Waals surface area (Å²) >= 11 is 0. The summed E-state index contributed by atoms with van der Waals surface area (Å²) in [7, 11) is 0. The Bertz CT molecular complexity index is 412. The van der Waals surface area contributed by atoms with Gasteiger partial charge in [-0.05, 0) is 25.0 Å². The Balaban J connectivity index is 2.94. The zero-order valence-corrected chi connectivity index (χ0v) is 9.68. The van der Waals surface area contributed by atoms with Crippen molar-refractivity contribution >= 4 is 11.4 Å². The smallest absolute Gasteiger partial charge is 0.295 e. The largest absolute Gasteiger partial charge is 0.396 e. The van der Waals surface area contributed by atoms with Gasteiger partial charge in [-0.2, -0.15) is 0 Å². The minimum absolute atomic E-state index is 0.0246. The van der Waals surface area contributed by atoms with E-state index in [1.54, 1.807) is 6.92 Å². The molecule has 0 radical (unpaired) electrons. The molecule has 0 heterocycles. The first kappa shape index (κ1) is 13.4. The maximum absolute atomic E-state index is 12.9. The SMILES string of the molecule is CC(CO)C(C)Nc1ccc(F)cc1[N+](=O)[O-]. The molecule has 5 nitrogen and oxygen atoms in total. The van der Waals surface area contributed by atoms with Crippen LogP contribution >= 0.6 is 0 Å². The van der Waals surface area contributed by atoms with Crippen LogP contribution < -0.4 is 5.32 Å². The van der Waals surface area contributed by atoms with Gasteiger partial charge >= 0.3 is 0 Å². The highest BCUT2D eigenvalue weighted by Gasteiger charge is 2.18. The highest BCUT2D eigenvalue weighted by Crippen LogP contribution is 2.26. The summed E-state index contributed by atoms with van der Waals surface area (Å²) in [6.45, 7) is 3.59. The molecule has 0 saturated carbocycles. The molecule has 17 heavy (non-hydrogen) atoms. The lowest BCUT2D eigenvalue weighted by atomic mass is 10.0. The number of hydrogen-bond acceptors (Lipinski definition) is 4. The second-order valence-electron chi connectivity index (χ2n) is 4.01. The van der Waals surface area contributed by atoms with Gasteiger partial charge in [-0.15, -0.1) is 0 Å². The van der Waals surface area contributed by atoms with Gasteiger partial charge in [0.1, 0.15) is 11.5 Å². The molecular weight excluding hydrogens is 227 g/mol. The van der Waals surface area contributed by atoms with Crippen LogP contribution in [-0.4, -0.2) is 22.7 Å². The lowest BCUT2D eigenvalue weighted by molar-refractivity contribution is -0.384. The summed E-state index contributed by atoms with van der Waals surface area (Å²) in [5.41, 5.74) is -0.0498. The number of halogens is 1. The van der Waals surface area contributed by atoms with Crippen LogP contribution in [-0.2, 0) is 0 Å². The lowest BCUT2D eigenvalue weighted by Gasteiger charge is -2.20. The predicted octanol–water partition coefficient (Wildman–Crippen LogP) is 2.16. The second-order valence-corrected chi connectivity index (χ2v) is 4.01. The van der Waals surface area contributed by atoms with Crippen LogP contribution in [0.25, 0.3) is 0 Å². The van der Waals surface area contributed by atoms with E-state index in [1.807, 2.05) is 6.92 Å². The fraction of sp³-hybridized carbons (Fsp3) is 0.455. The Labute approximate surface area is 98.4 Å². The molecule has 1 aromatic rings. The first-order chi connectivity index (χ1) is 7.95. The van der Waals surface area contributed by atoms with Crippen LogP contribution in [0, 0.1) is 21.8 Å². The molecule has 2 atom stereocenters. The molecule has 0 spiro atoms. The summed E-state index contributed by atoms with van der Waals surface area (Å²) in [5, 5.41) is 22.6. The zero-order valence-electron chi connectivity index (χ0n) is 9.68. The Morgan fingerprint density at radius 1 is 1.53 bits per heavy atom. The van der Waals surface area contributed by atoms with Gasteiger partial charge in [0, 0.05) is 12.6 Å². The zero-order chi connectivity index (χ0) is 13.0. The van der Waals surface area contributed by atoms with Crippen LogP contribution in [0.15, 0.2) is 18.2 Å². The molecule has 0 saturated heterocycles. The van der Waals surface area contributed by atoms with Crippen molar-refractivity contribution in [2.24, 2.45) is 5.92 Å². The molecule has 2 N–H and O–H groups in total. The number of nitrogens with zero attached hydrogens (tertiary/aromatic N) is 1. The fourth-order valence-corrected chi connectivity index (χ4v) is 1.32. The molecule has 6 heteroatoms. The first-order valence-electron chi connectivity index (χ1n) is 5.27. The van der Waals surface area contributed by atoms with E-state index in [0.29, 0.717) is 0 Å². The molecule has 0 aliphatic carbocycles.